The molecule has 5 rings (SSSR count). The van der Waals surface area contributed by atoms with E-state index in [1.165, 1.54) is 30.3 Å². The predicted octanol–water partition coefficient (Wildman–Crippen LogP) is 9.50. The number of rotatable bonds is 6. The molecule has 0 saturated heterocycles. The maximum absolute atomic E-state index is 15.1. The monoisotopic (exact) mass is 590 g/mol. The molecule has 0 aliphatic rings. The molecule has 214 valence electrons. The van der Waals surface area contributed by atoms with Gasteiger partial charge in [-0.05, 0) is 58.7 Å². The van der Waals surface area contributed by atoms with Gasteiger partial charge >= 0.3 is 6.11 Å². The molecule has 5 aromatic carbocycles. The van der Waals surface area contributed by atoms with Crippen molar-refractivity contribution in [1.82, 2.24) is 0 Å². The number of phenols is 1. The number of alkyl halides is 2. The van der Waals surface area contributed by atoms with Crippen molar-refractivity contribution in [3.63, 3.8) is 0 Å². The highest BCUT2D eigenvalue weighted by Crippen LogP contribution is 2.39. The van der Waals surface area contributed by atoms with Crippen LogP contribution in [-0.2, 0) is 6.11 Å². The Morgan fingerprint density at radius 1 is 0.476 bits per heavy atom. The van der Waals surface area contributed by atoms with E-state index in [4.69, 9.17) is 0 Å². The SMILES string of the molecule is Oc1ccc(-c2ccc(-c3ccc(-c4cc(F)c(C(F)(F)Oc5cc(F)c(F)c(F)c5)c(F)c4)c(F)c3)c(F)c2)cc1. The van der Waals surface area contributed by atoms with Crippen LogP contribution in [0.15, 0.2) is 84.9 Å². The zero-order chi connectivity index (χ0) is 30.3. The van der Waals surface area contributed by atoms with E-state index in [9.17, 15) is 40.2 Å². The fraction of sp³-hybridized carbons (Fsp3) is 0.0323. The zero-order valence-electron chi connectivity index (χ0n) is 20.8. The highest BCUT2D eigenvalue weighted by molar-refractivity contribution is 5.74. The van der Waals surface area contributed by atoms with Gasteiger partial charge in [0.05, 0.1) is 0 Å². The highest BCUT2D eigenvalue weighted by Gasteiger charge is 2.41. The third-order valence-corrected chi connectivity index (χ3v) is 6.30. The van der Waals surface area contributed by atoms with Crippen molar-refractivity contribution in [1.29, 1.82) is 0 Å². The molecule has 0 atom stereocenters. The van der Waals surface area contributed by atoms with E-state index in [-0.39, 0.29) is 29.0 Å². The summed E-state index contributed by atoms with van der Waals surface area (Å²) >= 11 is 0. The van der Waals surface area contributed by atoms with Crippen molar-refractivity contribution >= 4 is 0 Å². The number of ether oxygens (including phenoxy) is 1. The molecule has 0 aromatic heterocycles. The molecule has 0 heterocycles. The maximum Gasteiger partial charge on any atom is 0.432 e. The molecule has 0 amide bonds. The van der Waals surface area contributed by atoms with Gasteiger partial charge in [-0.3, -0.25) is 0 Å². The van der Waals surface area contributed by atoms with Crippen molar-refractivity contribution in [2.75, 3.05) is 0 Å². The predicted molar refractivity (Wildman–Crippen MR) is 135 cm³/mol. The van der Waals surface area contributed by atoms with Gasteiger partial charge in [0.15, 0.2) is 17.5 Å². The number of phenolic OH excluding ortho intramolecular Hbond substituents is 1. The van der Waals surface area contributed by atoms with Crippen LogP contribution >= 0.6 is 0 Å². The largest absolute Gasteiger partial charge is 0.508 e. The number of halogens is 9. The lowest BCUT2D eigenvalue weighted by Gasteiger charge is -2.20. The molecular weight excluding hydrogens is 575 g/mol. The first kappa shape index (κ1) is 28.6. The molecule has 0 bridgehead atoms. The summed E-state index contributed by atoms with van der Waals surface area (Å²) in [7, 11) is 0. The van der Waals surface area contributed by atoms with Crippen LogP contribution < -0.4 is 4.74 Å². The summed E-state index contributed by atoms with van der Waals surface area (Å²) in [6.45, 7) is 0. The average molecular weight is 590 g/mol. The topological polar surface area (TPSA) is 29.5 Å². The molecule has 0 spiro atoms. The van der Waals surface area contributed by atoms with Crippen molar-refractivity contribution < 1.29 is 49.4 Å². The molecule has 11 heteroatoms. The third kappa shape index (κ3) is 5.50. The smallest absolute Gasteiger partial charge is 0.432 e. The number of aromatic hydroxyl groups is 1. The van der Waals surface area contributed by atoms with Gasteiger partial charge in [-0.15, -0.1) is 0 Å². The Labute approximate surface area is 231 Å². The van der Waals surface area contributed by atoms with Gasteiger partial charge in [0.2, 0.25) is 0 Å². The lowest BCUT2D eigenvalue weighted by atomic mass is 9.96. The summed E-state index contributed by atoms with van der Waals surface area (Å²) in [5, 5.41) is 9.42. The van der Waals surface area contributed by atoms with Crippen molar-refractivity contribution in [3.05, 3.63) is 131 Å². The molecule has 0 unspecified atom stereocenters. The molecule has 0 aliphatic carbocycles. The van der Waals surface area contributed by atoms with Crippen molar-refractivity contribution in [3.8, 4) is 44.9 Å². The summed E-state index contributed by atoms with van der Waals surface area (Å²) in [6, 6.07) is 14.3. The van der Waals surface area contributed by atoms with Gasteiger partial charge in [0.1, 0.15) is 40.3 Å². The Morgan fingerprint density at radius 2 is 0.929 bits per heavy atom. The molecule has 0 aliphatic heterocycles. The number of benzene rings is 5. The van der Waals surface area contributed by atoms with E-state index in [0.717, 1.165) is 12.1 Å². The van der Waals surface area contributed by atoms with Gasteiger partial charge < -0.3 is 9.84 Å². The summed E-state index contributed by atoms with van der Waals surface area (Å²) in [5.41, 5.74) is -1.67. The normalized spacial score (nSPS) is 11.5. The van der Waals surface area contributed by atoms with Crippen LogP contribution in [0, 0.1) is 40.7 Å². The molecule has 0 radical (unpaired) electrons. The van der Waals surface area contributed by atoms with E-state index < -0.39 is 69.3 Å². The van der Waals surface area contributed by atoms with Gasteiger partial charge in [-0.1, -0.05) is 36.4 Å². The highest BCUT2D eigenvalue weighted by atomic mass is 19.3. The molecule has 1 N–H and O–H groups in total. The van der Waals surface area contributed by atoms with Crippen LogP contribution in [0.5, 0.6) is 11.5 Å². The summed E-state index contributed by atoms with van der Waals surface area (Å²) in [6.07, 6.45) is -4.81. The molecule has 0 fully saturated rings. The Morgan fingerprint density at radius 3 is 1.48 bits per heavy atom. The van der Waals surface area contributed by atoms with E-state index in [1.54, 1.807) is 18.2 Å². The number of hydrogen-bond donors (Lipinski definition) is 1. The summed E-state index contributed by atoms with van der Waals surface area (Å²) in [4.78, 5) is 0. The second-order valence-electron chi connectivity index (χ2n) is 9.07. The summed E-state index contributed by atoms with van der Waals surface area (Å²) in [5.74, 6) is -12.4. The van der Waals surface area contributed by atoms with Crippen LogP contribution in [0.25, 0.3) is 33.4 Å². The second-order valence-corrected chi connectivity index (χ2v) is 9.07. The number of hydrogen-bond acceptors (Lipinski definition) is 2. The molecule has 2 nitrogen and oxygen atoms in total. The van der Waals surface area contributed by atoms with Crippen LogP contribution in [0.1, 0.15) is 5.56 Å². The molecule has 42 heavy (non-hydrogen) atoms. The quantitative estimate of drug-likeness (QED) is 0.158. The minimum atomic E-state index is -4.81. The van der Waals surface area contributed by atoms with E-state index >= 15 is 4.39 Å². The Balaban J connectivity index is 1.43. The lowest BCUT2D eigenvalue weighted by Crippen LogP contribution is -2.25. The average Bonchev–Trinajstić information content (AvgIpc) is 2.91. The van der Waals surface area contributed by atoms with Gasteiger partial charge in [0.25, 0.3) is 0 Å². The van der Waals surface area contributed by atoms with E-state index in [2.05, 4.69) is 4.74 Å². The first-order chi connectivity index (χ1) is 19.8. The van der Waals surface area contributed by atoms with Crippen LogP contribution in [0.2, 0.25) is 0 Å². The van der Waals surface area contributed by atoms with Gasteiger partial charge in [-0.2, -0.15) is 8.78 Å². The van der Waals surface area contributed by atoms with Gasteiger partial charge in [0, 0.05) is 23.3 Å². The fourth-order valence-corrected chi connectivity index (χ4v) is 4.30. The van der Waals surface area contributed by atoms with Crippen LogP contribution in [0.4, 0.5) is 39.5 Å². The molecule has 5 aromatic rings. The minimum Gasteiger partial charge on any atom is -0.508 e. The standard InChI is InChI=1S/C31H15F9O2/c32-23-9-16(15-1-5-19(41)6-2-15)3-7-21(23)17-4-8-22(24(33)10-17)18-11-25(34)29(26(35)12-18)31(39,40)42-20-13-27(36)30(38)28(37)14-20/h1-14,41H. The first-order valence-corrected chi connectivity index (χ1v) is 11.9. The minimum absolute atomic E-state index is 0.00106. The zero-order valence-corrected chi connectivity index (χ0v) is 20.8. The lowest BCUT2D eigenvalue weighted by molar-refractivity contribution is -0.189. The Hall–Kier alpha value is -4.93. The van der Waals surface area contributed by atoms with E-state index in [0.29, 0.717) is 23.3 Å². The van der Waals surface area contributed by atoms with Crippen molar-refractivity contribution in [2.24, 2.45) is 0 Å². The molecule has 0 saturated carbocycles. The fourth-order valence-electron chi connectivity index (χ4n) is 4.30. The second kappa shape index (κ2) is 10.8. The van der Waals surface area contributed by atoms with Gasteiger partial charge in [-0.25, -0.2) is 30.7 Å². The third-order valence-electron chi connectivity index (χ3n) is 6.30. The van der Waals surface area contributed by atoms with E-state index in [1.807, 2.05) is 0 Å². The van der Waals surface area contributed by atoms with Crippen molar-refractivity contribution in [2.45, 2.75) is 6.11 Å². The van der Waals surface area contributed by atoms with Crippen LogP contribution in [0.3, 0.4) is 0 Å². The molecular formula is C31H15F9O2. The Kier molecular flexibility index (Phi) is 7.36. The Bertz CT molecular complexity index is 1770. The summed E-state index contributed by atoms with van der Waals surface area (Å²) < 4.78 is 133. The maximum atomic E-state index is 15.1. The van der Waals surface area contributed by atoms with Crippen LogP contribution in [-0.4, -0.2) is 5.11 Å². The first-order valence-electron chi connectivity index (χ1n) is 11.9.